The number of aryl methyl sites for hydroxylation is 1. The van der Waals surface area contributed by atoms with Crippen LogP contribution in [0, 0.1) is 18.8 Å². The van der Waals surface area contributed by atoms with E-state index in [-0.39, 0.29) is 5.41 Å². The summed E-state index contributed by atoms with van der Waals surface area (Å²) in [6.07, 6.45) is 8.04. The first-order valence-corrected chi connectivity index (χ1v) is 10.3. The van der Waals surface area contributed by atoms with Gasteiger partial charge >= 0.3 is 0 Å². The fraction of sp³-hybridized carbons (Fsp3) is 0.682. The molecule has 1 aliphatic carbocycles. The van der Waals surface area contributed by atoms with Gasteiger partial charge in [-0.05, 0) is 63.1 Å². The van der Waals surface area contributed by atoms with Crippen molar-refractivity contribution < 1.29 is 4.79 Å². The number of carbonyl (C=O) groups excluding carboxylic acids is 1. The van der Waals surface area contributed by atoms with Gasteiger partial charge in [-0.25, -0.2) is 0 Å². The Bertz CT molecular complexity index is 606. The molecule has 136 valence electrons. The number of nitrogens with one attached hydrogen (secondary N) is 1. The van der Waals surface area contributed by atoms with Gasteiger partial charge in [-0.1, -0.05) is 49.1 Å². The van der Waals surface area contributed by atoms with Crippen LogP contribution in [0.3, 0.4) is 0 Å². The number of hydrogen-bond donors (Lipinski definition) is 1. The predicted molar refractivity (Wildman–Crippen MR) is 102 cm³/mol. The molecule has 3 aliphatic rings. The average molecular weight is 341 g/mol. The van der Waals surface area contributed by atoms with Crippen molar-refractivity contribution in [1.29, 1.82) is 0 Å². The molecule has 2 atom stereocenters. The molecule has 1 aromatic carbocycles. The summed E-state index contributed by atoms with van der Waals surface area (Å²) in [6, 6.07) is 8.74. The molecule has 2 heterocycles. The number of benzene rings is 1. The maximum absolute atomic E-state index is 13.8. The third-order valence-electron chi connectivity index (χ3n) is 6.99. The van der Waals surface area contributed by atoms with E-state index in [9.17, 15) is 4.79 Å². The molecule has 4 rings (SSSR count). The van der Waals surface area contributed by atoms with Crippen LogP contribution in [0.4, 0.5) is 0 Å². The molecule has 3 nitrogen and oxygen atoms in total. The summed E-state index contributed by atoms with van der Waals surface area (Å²) in [6.45, 7) is 6.35. The van der Waals surface area contributed by atoms with Gasteiger partial charge < -0.3 is 10.2 Å². The van der Waals surface area contributed by atoms with Crippen LogP contribution < -0.4 is 5.32 Å². The van der Waals surface area contributed by atoms with Gasteiger partial charge in [0.05, 0.1) is 5.41 Å². The fourth-order valence-electron chi connectivity index (χ4n) is 5.45. The maximum atomic E-state index is 13.8. The number of amides is 1. The van der Waals surface area contributed by atoms with Crippen molar-refractivity contribution in [3.63, 3.8) is 0 Å². The lowest BCUT2D eigenvalue weighted by Gasteiger charge is -2.40. The second kappa shape index (κ2) is 7.11. The summed E-state index contributed by atoms with van der Waals surface area (Å²) in [5.41, 5.74) is 2.28. The normalized spacial score (nSPS) is 29.1. The molecule has 0 bridgehead atoms. The van der Waals surface area contributed by atoms with Crippen LogP contribution >= 0.6 is 0 Å². The molecule has 1 amide bonds. The van der Waals surface area contributed by atoms with Crippen LogP contribution in [-0.2, 0) is 10.2 Å². The molecular formula is C22H32N2O. The first kappa shape index (κ1) is 17.1. The van der Waals surface area contributed by atoms with Gasteiger partial charge in [-0.15, -0.1) is 0 Å². The zero-order valence-corrected chi connectivity index (χ0v) is 15.6. The van der Waals surface area contributed by atoms with Crippen LogP contribution in [0.15, 0.2) is 24.3 Å². The molecule has 3 fully saturated rings. The third kappa shape index (κ3) is 3.23. The van der Waals surface area contributed by atoms with E-state index in [4.69, 9.17) is 0 Å². The second-order valence-corrected chi connectivity index (χ2v) is 8.56. The van der Waals surface area contributed by atoms with Crippen molar-refractivity contribution in [3.8, 4) is 0 Å². The number of fused-ring (bicyclic) bond motifs is 1. The Kier molecular flexibility index (Phi) is 4.86. The SMILES string of the molecule is Cc1cccc(C2(C(=O)N3CC[C@@H]4CNC[C@@H]4CC3)CCCCC2)c1. The molecule has 1 saturated carbocycles. The molecule has 0 aromatic heterocycles. The Morgan fingerprint density at radius 2 is 1.76 bits per heavy atom. The summed E-state index contributed by atoms with van der Waals surface area (Å²) in [5.74, 6) is 1.98. The highest BCUT2D eigenvalue weighted by Crippen LogP contribution is 2.42. The van der Waals surface area contributed by atoms with Gasteiger partial charge in [0.25, 0.3) is 0 Å². The molecule has 0 unspecified atom stereocenters. The lowest BCUT2D eigenvalue weighted by molar-refractivity contribution is -0.139. The van der Waals surface area contributed by atoms with Crippen LogP contribution in [-0.4, -0.2) is 37.0 Å². The van der Waals surface area contributed by atoms with Gasteiger partial charge in [0.1, 0.15) is 0 Å². The lowest BCUT2D eigenvalue weighted by atomic mass is 9.68. The minimum absolute atomic E-state index is 0.262. The summed E-state index contributed by atoms with van der Waals surface area (Å²) in [4.78, 5) is 16.0. The van der Waals surface area contributed by atoms with E-state index in [0.29, 0.717) is 5.91 Å². The first-order chi connectivity index (χ1) is 12.2. The van der Waals surface area contributed by atoms with Crippen LogP contribution in [0.1, 0.15) is 56.1 Å². The Morgan fingerprint density at radius 1 is 1.08 bits per heavy atom. The first-order valence-electron chi connectivity index (χ1n) is 10.3. The van der Waals surface area contributed by atoms with E-state index in [0.717, 1.165) is 50.9 Å². The van der Waals surface area contributed by atoms with Crippen LogP contribution in [0.2, 0.25) is 0 Å². The van der Waals surface area contributed by atoms with E-state index in [1.807, 2.05) is 0 Å². The minimum Gasteiger partial charge on any atom is -0.342 e. The minimum atomic E-state index is -0.262. The lowest BCUT2D eigenvalue weighted by Crippen LogP contribution is -2.48. The number of carbonyl (C=O) groups is 1. The highest BCUT2D eigenvalue weighted by molar-refractivity contribution is 5.88. The highest BCUT2D eigenvalue weighted by Gasteiger charge is 2.44. The molecule has 0 spiro atoms. The Labute approximate surface area is 152 Å². The molecule has 25 heavy (non-hydrogen) atoms. The van der Waals surface area contributed by atoms with Crippen molar-refractivity contribution in [1.82, 2.24) is 10.2 Å². The number of nitrogens with zero attached hydrogens (tertiary/aromatic N) is 1. The molecule has 2 saturated heterocycles. The Hall–Kier alpha value is -1.35. The molecule has 1 N–H and O–H groups in total. The Balaban J connectivity index is 1.60. The van der Waals surface area contributed by atoms with Crippen molar-refractivity contribution in [2.24, 2.45) is 11.8 Å². The fourth-order valence-corrected chi connectivity index (χ4v) is 5.45. The smallest absolute Gasteiger partial charge is 0.233 e. The molecule has 3 heteroatoms. The average Bonchev–Trinajstić information content (AvgIpc) is 3.00. The van der Waals surface area contributed by atoms with Crippen molar-refractivity contribution in [2.45, 2.75) is 57.3 Å². The summed E-state index contributed by atoms with van der Waals surface area (Å²) >= 11 is 0. The third-order valence-corrected chi connectivity index (χ3v) is 6.99. The highest BCUT2D eigenvalue weighted by atomic mass is 16.2. The number of rotatable bonds is 2. The summed E-state index contributed by atoms with van der Waals surface area (Å²) in [7, 11) is 0. The Morgan fingerprint density at radius 3 is 2.40 bits per heavy atom. The zero-order valence-electron chi connectivity index (χ0n) is 15.6. The van der Waals surface area contributed by atoms with E-state index >= 15 is 0 Å². The monoisotopic (exact) mass is 340 g/mol. The molecule has 0 radical (unpaired) electrons. The number of likely N-dealkylation sites (tertiary alicyclic amines) is 1. The van der Waals surface area contributed by atoms with Crippen LogP contribution in [0.25, 0.3) is 0 Å². The van der Waals surface area contributed by atoms with E-state index < -0.39 is 0 Å². The van der Waals surface area contributed by atoms with Gasteiger partial charge in [0, 0.05) is 13.1 Å². The predicted octanol–water partition coefficient (Wildman–Crippen LogP) is 3.65. The van der Waals surface area contributed by atoms with Crippen molar-refractivity contribution in [2.75, 3.05) is 26.2 Å². The van der Waals surface area contributed by atoms with E-state index in [1.54, 1.807) is 0 Å². The van der Waals surface area contributed by atoms with Crippen molar-refractivity contribution >= 4 is 5.91 Å². The standard InChI is InChI=1S/C22H32N2O/c1-17-6-5-7-20(14-17)22(10-3-2-4-11-22)21(25)24-12-8-18-15-23-16-19(18)9-13-24/h5-7,14,18-19,23H,2-4,8-13,15-16H2,1H3/t18-,19+. The van der Waals surface area contributed by atoms with Crippen LogP contribution in [0.5, 0.6) is 0 Å². The number of hydrogen-bond acceptors (Lipinski definition) is 2. The van der Waals surface area contributed by atoms with Gasteiger partial charge in [-0.2, -0.15) is 0 Å². The topological polar surface area (TPSA) is 32.3 Å². The zero-order chi connectivity index (χ0) is 17.3. The van der Waals surface area contributed by atoms with Gasteiger partial charge in [-0.3, -0.25) is 4.79 Å². The van der Waals surface area contributed by atoms with Crippen molar-refractivity contribution in [3.05, 3.63) is 35.4 Å². The quantitative estimate of drug-likeness (QED) is 0.891. The molecule has 1 aromatic rings. The van der Waals surface area contributed by atoms with Gasteiger partial charge in [0.2, 0.25) is 5.91 Å². The van der Waals surface area contributed by atoms with Gasteiger partial charge in [0.15, 0.2) is 0 Å². The summed E-state index contributed by atoms with van der Waals surface area (Å²) in [5, 5.41) is 3.54. The second-order valence-electron chi connectivity index (χ2n) is 8.56. The van der Waals surface area contributed by atoms with E-state index in [2.05, 4.69) is 41.4 Å². The largest absolute Gasteiger partial charge is 0.342 e. The van der Waals surface area contributed by atoms with E-state index in [1.165, 1.54) is 43.2 Å². The maximum Gasteiger partial charge on any atom is 0.233 e. The molecule has 2 aliphatic heterocycles. The molecular weight excluding hydrogens is 308 g/mol. The summed E-state index contributed by atoms with van der Waals surface area (Å²) < 4.78 is 0.